The number of aromatic nitrogens is 1. The summed E-state index contributed by atoms with van der Waals surface area (Å²) in [5, 5.41) is 2.88. The molecule has 3 aromatic rings. The van der Waals surface area contributed by atoms with Crippen molar-refractivity contribution in [2.24, 2.45) is 0 Å². The molecule has 1 N–H and O–H groups in total. The average Bonchev–Trinajstić information content (AvgIpc) is 3.19. The highest BCUT2D eigenvalue weighted by molar-refractivity contribution is 5.95. The summed E-state index contributed by atoms with van der Waals surface area (Å²) in [5.41, 5.74) is 1.82. The number of amides is 1. The zero-order valence-corrected chi connectivity index (χ0v) is 16.6. The molecule has 0 saturated carbocycles. The van der Waals surface area contributed by atoms with Gasteiger partial charge in [0.05, 0.1) is 34.4 Å². The van der Waals surface area contributed by atoms with E-state index in [1.807, 2.05) is 22.9 Å². The molecule has 0 unspecified atom stereocenters. The normalized spacial score (nSPS) is 10.5. The van der Waals surface area contributed by atoms with Gasteiger partial charge in [0.1, 0.15) is 5.82 Å². The number of nitrogens with zero attached hydrogens (tertiary/aromatic N) is 1. The van der Waals surface area contributed by atoms with E-state index in [1.165, 1.54) is 27.4 Å². The molecular formula is C22H23FN2O4. The van der Waals surface area contributed by atoms with Crippen LogP contribution in [0, 0.1) is 5.82 Å². The molecule has 0 aliphatic heterocycles. The number of ether oxygens (including phenoxy) is 3. The van der Waals surface area contributed by atoms with E-state index in [0.717, 1.165) is 5.69 Å². The highest BCUT2D eigenvalue weighted by Crippen LogP contribution is 2.38. The van der Waals surface area contributed by atoms with E-state index in [1.54, 1.807) is 30.3 Å². The summed E-state index contributed by atoms with van der Waals surface area (Å²) in [6, 6.07) is 13.6. The van der Waals surface area contributed by atoms with E-state index >= 15 is 0 Å². The lowest BCUT2D eigenvalue weighted by Gasteiger charge is -2.14. The van der Waals surface area contributed by atoms with Crippen molar-refractivity contribution in [3.8, 4) is 17.2 Å². The number of carbonyl (C=O) groups is 1. The van der Waals surface area contributed by atoms with Crippen LogP contribution in [-0.4, -0.2) is 31.8 Å². The number of halogens is 1. The van der Waals surface area contributed by atoms with Crippen LogP contribution in [0.2, 0.25) is 0 Å². The van der Waals surface area contributed by atoms with Crippen molar-refractivity contribution in [2.45, 2.75) is 13.1 Å². The second-order valence-corrected chi connectivity index (χ2v) is 6.32. The predicted molar refractivity (Wildman–Crippen MR) is 107 cm³/mol. The van der Waals surface area contributed by atoms with Gasteiger partial charge in [-0.2, -0.15) is 0 Å². The zero-order valence-electron chi connectivity index (χ0n) is 16.6. The summed E-state index contributed by atoms with van der Waals surface area (Å²) in [4.78, 5) is 12.7. The van der Waals surface area contributed by atoms with Crippen molar-refractivity contribution >= 4 is 5.91 Å². The monoisotopic (exact) mass is 398 g/mol. The third kappa shape index (κ3) is 4.51. The third-order valence-electron chi connectivity index (χ3n) is 4.58. The zero-order chi connectivity index (χ0) is 20.8. The van der Waals surface area contributed by atoms with Crippen molar-refractivity contribution in [1.82, 2.24) is 9.88 Å². The molecule has 2 aromatic carbocycles. The first kappa shape index (κ1) is 20.3. The maximum absolute atomic E-state index is 13.9. The van der Waals surface area contributed by atoms with E-state index in [4.69, 9.17) is 14.2 Å². The number of hydrogen-bond donors (Lipinski definition) is 1. The standard InChI is InChI=1S/C22H23FN2O4/c1-27-19-11-16(12-20(28-2)21(19)29-3)22(26)24-13-17-8-6-10-25(17)14-15-7-4-5-9-18(15)23/h4-12H,13-14H2,1-3H3,(H,24,26). The van der Waals surface area contributed by atoms with E-state index < -0.39 is 0 Å². The molecule has 0 aliphatic rings. The minimum absolute atomic E-state index is 0.256. The third-order valence-corrected chi connectivity index (χ3v) is 4.58. The van der Waals surface area contributed by atoms with Crippen molar-refractivity contribution in [3.63, 3.8) is 0 Å². The Kier molecular flexibility index (Phi) is 6.39. The average molecular weight is 398 g/mol. The van der Waals surface area contributed by atoms with Gasteiger partial charge in [0, 0.05) is 23.0 Å². The Morgan fingerprint density at radius 2 is 1.69 bits per heavy atom. The molecule has 6 nitrogen and oxygen atoms in total. The van der Waals surface area contributed by atoms with Gasteiger partial charge < -0.3 is 24.1 Å². The molecule has 152 valence electrons. The molecule has 0 atom stereocenters. The molecule has 1 amide bonds. The predicted octanol–water partition coefficient (Wildman–Crippen LogP) is 3.63. The second kappa shape index (κ2) is 9.14. The second-order valence-electron chi connectivity index (χ2n) is 6.32. The topological polar surface area (TPSA) is 61.7 Å². The number of nitrogens with one attached hydrogen (secondary N) is 1. The number of methoxy groups -OCH3 is 3. The van der Waals surface area contributed by atoms with Crippen LogP contribution in [0.3, 0.4) is 0 Å². The molecule has 0 saturated heterocycles. The maximum Gasteiger partial charge on any atom is 0.251 e. The van der Waals surface area contributed by atoms with E-state index in [9.17, 15) is 9.18 Å². The summed E-state index contributed by atoms with van der Waals surface area (Å²) in [6.45, 7) is 0.673. The van der Waals surface area contributed by atoms with Crippen LogP contribution in [0.15, 0.2) is 54.7 Å². The highest BCUT2D eigenvalue weighted by Gasteiger charge is 2.17. The maximum atomic E-state index is 13.9. The fourth-order valence-corrected chi connectivity index (χ4v) is 3.06. The fourth-order valence-electron chi connectivity index (χ4n) is 3.06. The molecule has 0 radical (unpaired) electrons. The van der Waals surface area contributed by atoms with Gasteiger partial charge in [0.2, 0.25) is 5.75 Å². The molecule has 1 heterocycles. The van der Waals surface area contributed by atoms with Crippen LogP contribution in [0.1, 0.15) is 21.6 Å². The molecule has 1 aromatic heterocycles. The van der Waals surface area contributed by atoms with Crippen LogP contribution in [0.25, 0.3) is 0 Å². The van der Waals surface area contributed by atoms with Gasteiger partial charge in [-0.1, -0.05) is 18.2 Å². The van der Waals surface area contributed by atoms with E-state index in [-0.39, 0.29) is 18.3 Å². The van der Waals surface area contributed by atoms with Crippen LogP contribution >= 0.6 is 0 Å². The van der Waals surface area contributed by atoms with Crippen LogP contribution < -0.4 is 19.5 Å². The lowest BCUT2D eigenvalue weighted by molar-refractivity contribution is 0.0949. The Bertz CT molecular complexity index is 975. The van der Waals surface area contributed by atoms with Crippen molar-refractivity contribution in [3.05, 3.63) is 77.4 Å². The Hall–Kier alpha value is -3.48. The number of carbonyl (C=O) groups excluding carboxylic acids is 1. The minimum atomic E-state index is -0.289. The quantitative estimate of drug-likeness (QED) is 0.630. The number of rotatable bonds is 8. The van der Waals surface area contributed by atoms with Gasteiger partial charge in [0.25, 0.3) is 5.91 Å². The van der Waals surface area contributed by atoms with Crippen LogP contribution in [-0.2, 0) is 13.1 Å². The Morgan fingerprint density at radius 1 is 1.00 bits per heavy atom. The molecule has 29 heavy (non-hydrogen) atoms. The molecule has 0 spiro atoms. The Morgan fingerprint density at radius 3 is 2.31 bits per heavy atom. The smallest absolute Gasteiger partial charge is 0.251 e. The summed E-state index contributed by atoms with van der Waals surface area (Å²) in [5.74, 6) is 0.682. The van der Waals surface area contributed by atoms with Gasteiger partial charge in [-0.3, -0.25) is 4.79 Å². The van der Waals surface area contributed by atoms with Gasteiger partial charge in [-0.25, -0.2) is 4.39 Å². The lowest BCUT2D eigenvalue weighted by Crippen LogP contribution is -2.24. The van der Waals surface area contributed by atoms with Crippen molar-refractivity contribution < 1.29 is 23.4 Å². The first-order valence-corrected chi connectivity index (χ1v) is 9.03. The number of hydrogen-bond acceptors (Lipinski definition) is 4. The first-order chi connectivity index (χ1) is 14.1. The molecule has 0 fully saturated rings. The summed E-state index contributed by atoms with van der Waals surface area (Å²) < 4.78 is 31.7. The van der Waals surface area contributed by atoms with E-state index in [2.05, 4.69) is 5.32 Å². The van der Waals surface area contributed by atoms with Gasteiger partial charge in [-0.05, 0) is 30.3 Å². The van der Waals surface area contributed by atoms with Crippen LogP contribution in [0.4, 0.5) is 4.39 Å². The summed E-state index contributed by atoms with van der Waals surface area (Å²) >= 11 is 0. The molecule has 0 aliphatic carbocycles. The lowest BCUT2D eigenvalue weighted by atomic mass is 10.1. The first-order valence-electron chi connectivity index (χ1n) is 9.03. The van der Waals surface area contributed by atoms with E-state index in [0.29, 0.717) is 34.9 Å². The van der Waals surface area contributed by atoms with Gasteiger partial charge in [-0.15, -0.1) is 0 Å². The molecular weight excluding hydrogens is 375 g/mol. The molecule has 0 bridgehead atoms. The molecule has 3 rings (SSSR count). The summed E-state index contributed by atoms with van der Waals surface area (Å²) in [6.07, 6.45) is 1.85. The van der Waals surface area contributed by atoms with Crippen LogP contribution in [0.5, 0.6) is 17.2 Å². The minimum Gasteiger partial charge on any atom is -0.493 e. The Labute approximate surface area is 168 Å². The van der Waals surface area contributed by atoms with Gasteiger partial charge >= 0.3 is 0 Å². The summed E-state index contributed by atoms with van der Waals surface area (Å²) in [7, 11) is 4.49. The van der Waals surface area contributed by atoms with Gasteiger partial charge in [0.15, 0.2) is 11.5 Å². The molecule has 7 heteroatoms. The Balaban J connectivity index is 1.74. The van der Waals surface area contributed by atoms with Crippen molar-refractivity contribution in [1.29, 1.82) is 0 Å². The number of benzene rings is 2. The largest absolute Gasteiger partial charge is 0.493 e. The van der Waals surface area contributed by atoms with Crippen molar-refractivity contribution in [2.75, 3.05) is 21.3 Å². The fraction of sp³-hybridized carbons (Fsp3) is 0.227. The highest BCUT2D eigenvalue weighted by atomic mass is 19.1. The SMILES string of the molecule is COc1cc(C(=O)NCc2cccn2Cc2ccccc2F)cc(OC)c1OC.